The van der Waals surface area contributed by atoms with Gasteiger partial charge in [0.05, 0.1) is 0 Å². The number of esters is 2. The lowest BCUT2D eigenvalue weighted by Crippen LogP contribution is -2.46. The van der Waals surface area contributed by atoms with Gasteiger partial charge in [0.25, 0.3) is 5.91 Å². The minimum absolute atomic E-state index is 0.142. The van der Waals surface area contributed by atoms with Gasteiger partial charge in [0, 0.05) is 30.6 Å². The SMILES string of the molecule is CC(=O)OC(Cc1cccc(NC(=O)c2nc(C3CCCCC3)[nH]c2CCC23CC4CC(CC(C4)C2)C3)c1)C(=O)OC(C)(C)C. The molecule has 2 aromatic rings. The highest BCUT2D eigenvalue weighted by Gasteiger charge is 2.50. The summed E-state index contributed by atoms with van der Waals surface area (Å²) in [7, 11) is 0. The van der Waals surface area contributed by atoms with Gasteiger partial charge in [-0.25, -0.2) is 9.78 Å². The Morgan fingerprint density at radius 3 is 2.31 bits per heavy atom. The van der Waals surface area contributed by atoms with Gasteiger partial charge in [-0.2, -0.15) is 0 Å². The number of benzene rings is 1. The monoisotopic (exact) mass is 617 g/mol. The van der Waals surface area contributed by atoms with Gasteiger partial charge in [-0.3, -0.25) is 9.59 Å². The molecule has 5 saturated carbocycles. The fraction of sp³-hybridized carbons (Fsp3) is 0.676. The molecule has 1 amide bonds. The number of carbonyl (C=O) groups excluding carboxylic acids is 3. The first-order valence-corrected chi connectivity index (χ1v) is 17.3. The fourth-order valence-electron chi connectivity index (χ4n) is 9.28. The van der Waals surface area contributed by atoms with Gasteiger partial charge >= 0.3 is 11.9 Å². The highest BCUT2D eigenvalue weighted by molar-refractivity contribution is 6.03. The molecule has 1 heterocycles. The summed E-state index contributed by atoms with van der Waals surface area (Å²) in [6, 6.07) is 7.34. The Morgan fingerprint density at radius 1 is 1.02 bits per heavy atom. The predicted molar refractivity (Wildman–Crippen MR) is 173 cm³/mol. The van der Waals surface area contributed by atoms with Crippen LogP contribution >= 0.6 is 0 Å². The van der Waals surface area contributed by atoms with Gasteiger partial charge in [0.15, 0.2) is 0 Å². The lowest BCUT2D eigenvalue weighted by molar-refractivity contribution is -0.174. The molecule has 4 bridgehead atoms. The third kappa shape index (κ3) is 7.81. The van der Waals surface area contributed by atoms with Crippen molar-refractivity contribution in [2.45, 2.75) is 135 Å². The van der Waals surface area contributed by atoms with Crippen molar-refractivity contribution in [1.29, 1.82) is 0 Å². The zero-order valence-electron chi connectivity index (χ0n) is 27.6. The molecule has 0 saturated heterocycles. The molecule has 1 aromatic heterocycles. The van der Waals surface area contributed by atoms with E-state index in [2.05, 4.69) is 10.3 Å². The summed E-state index contributed by atoms with van der Waals surface area (Å²) in [5.74, 6) is 2.70. The number of H-pyrrole nitrogens is 1. The Hall–Kier alpha value is -3.16. The number of hydrogen-bond acceptors (Lipinski definition) is 6. The van der Waals surface area contributed by atoms with Crippen LogP contribution in [0.25, 0.3) is 0 Å². The summed E-state index contributed by atoms with van der Waals surface area (Å²) in [6.45, 7) is 6.61. The number of nitrogens with one attached hydrogen (secondary N) is 2. The molecule has 1 atom stereocenters. The zero-order chi connectivity index (χ0) is 31.8. The molecule has 244 valence electrons. The van der Waals surface area contributed by atoms with E-state index in [4.69, 9.17) is 14.5 Å². The van der Waals surface area contributed by atoms with Crippen LogP contribution in [0.2, 0.25) is 0 Å². The molecule has 8 nitrogen and oxygen atoms in total. The first-order chi connectivity index (χ1) is 21.4. The van der Waals surface area contributed by atoms with Crippen LogP contribution in [0.1, 0.15) is 138 Å². The summed E-state index contributed by atoms with van der Waals surface area (Å²) in [6.07, 6.45) is 15.3. The van der Waals surface area contributed by atoms with Crippen molar-refractivity contribution in [3.63, 3.8) is 0 Å². The Bertz CT molecular complexity index is 1360. The van der Waals surface area contributed by atoms with Crippen LogP contribution in [-0.2, 0) is 31.9 Å². The lowest BCUT2D eigenvalue weighted by Gasteiger charge is -2.57. The number of rotatable bonds is 10. The quantitative estimate of drug-likeness (QED) is 0.265. The molecule has 45 heavy (non-hydrogen) atoms. The first-order valence-electron chi connectivity index (χ1n) is 17.3. The number of nitrogens with zero attached hydrogens (tertiary/aromatic N) is 1. The number of aromatic nitrogens is 2. The summed E-state index contributed by atoms with van der Waals surface area (Å²) in [5.41, 5.74) is 2.56. The smallest absolute Gasteiger partial charge is 0.348 e. The van der Waals surface area contributed by atoms with Crippen molar-refractivity contribution < 1.29 is 23.9 Å². The molecule has 0 aliphatic heterocycles. The highest BCUT2D eigenvalue weighted by Crippen LogP contribution is 2.61. The maximum Gasteiger partial charge on any atom is 0.348 e. The molecule has 5 fully saturated rings. The topological polar surface area (TPSA) is 110 Å². The number of amides is 1. The molecule has 7 rings (SSSR count). The van der Waals surface area contributed by atoms with Crippen LogP contribution in [0.3, 0.4) is 0 Å². The summed E-state index contributed by atoms with van der Waals surface area (Å²) >= 11 is 0. The van der Waals surface area contributed by atoms with Crippen molar-refractivity contribution in [3.05, 3.63) is 47.0 Å². The molecular weight excluding hydrogens is 566 g/mol. The number of hydrogen-bond donors (Lipinski definition) is 2. The minimum atomic E-state index is -1.08. The number of aryl methyl sites for hydroxylation is 1. The Balaban J connectivity index is 1.18. The second-order valence-electron chi connectivity index (χ2n) is 15.7. The number of ether oxygens (including phenoxy) is 2. The van der Waals surface area contributed by atoms with E-state index < -0.39 is 23.6 Å². The predicted octanol–water partition coefficient (Wildman–Crippen LogP) is 7.67. The van der Waals surface area contributed by atoms with E-state index in [1.54, 1.807) is 20.8 Å². The second kappa shape index (κ2) is 12.9. The summed E-state index contributed by atoms with van der Waals surface area (Å²) in [5, 5.41) is 3.09. The van der Waals surface area contributed by atoms with E-state index in [1.165, 1.54) is 64.7 Å². The van der Waals surface area contributed by atoms with Gasteiger partial charge in [-0.15, -0.1) is 0 Å². The van der Waals surface area contributed by atoms with Crippen LogP contribution in [0.15, 0.2) is 24.3 Å². The minimum Gasteiger partial charge on any atom is -0.457 e. The van der Waals surface area contributed by atoms with E-state index in [0.717, 1.165) is 60.5 Å². The molecule has 8 heteroatoms. The van der Waals surface area contributed by atoms with Crippen LogP contribution in [0.5, 0.6) is 0 Å². The molecule has 0 radical (unpaired) electrons. The van der Waals surface area contributed by atoms with Gasteiger partial charge in [0.1, 0.15) is 17.1 Å². The average Bonchev–Trinajstić information content (AvgIpc) is 3.39. The van der Waals surface area contributed by atoms with Gasteiger partial charge in [0.2, 0.25) is 6.10 Å². The molecule has 0 spiro atoms. The van der Waals surface area contributed by atoms with Crippen LogP contribution in [0, 0.1) is 23.2 Å². The van der Waals surface area contributed by atoms with Crippen molar-refractivity contribution in [1.82, 2.24) is 9.97 Å². The van der Waals surface area contributed by atoms with E-state index in [0.29, 0.717) is 22.7 Å². The Morgan fingerprint density at radius 2 is 1.69 bits per heavy atom. The fourth-order valence-corrected chi connectivity index (χ4v) is 9.28. The van der Waals surface area contributed by atoms with E-state index >= 15 is 0 Å². The Labute approximate surface area is 267 Å². The average molecular weight is 618 g/mol. The molecule has 5 aliphatic carbocycles. The molecule has 1 unspecified atom stereocenters. The summed E-state index contributed by atoms with van der Waals surface area (Å²) in [4.78, 5) is 47.1. The third-order valence-electron chi connectivity index (χ3n) is 10.7. The molecule has 2 N–H and O–H groups in total. The van der Waals surface area contributed by atoms with Crippen LogP contribution < -0.4 is 5.32 Å². The van der Waals surface area contributed by atoms with E-state index in [1.807, 2.05) is 24.3 Å². The third-order valence-corrected chi connectivity index (χ3v) is 10.7. The van der Waals surface area contributed by atoms with Crippen molar-refractivity contribution in [3.8, 4) is 0 Å². The number of imidazole rings is 1. The van der Waals surface area contributed by atoms with Crippen LogP contribution in [0.4, 0.5) is 5.69 Å². The lowest BCUT2D eigenvalue weighted by atomic mass is 9.48. The Kier molecular flexibility index (Phi) is 9.13. The molecule has 5 aliphatic rings. The largest absolute Gasteiger partial charge is 0.457 e. The molecule has 1 aromatic carbocycles. The van der Waals surface area contributed by atoms with Gasteiger partial charge < -0.3 is 19.8 Å². The first kappa shape index (κ1) is 31.8. The maximum absolute atomic E-state index is 13.9. The van der Waals surface area contributed by atoms with E-state index in [9.17, 15) is 14.4 Å². The highest BCUT2D eigenvalue weighted by atomic mass is 16.6. The van der Waals surface area contributed by atoms with Crippen molar-refractivity contribution >= 4 is 23.5 Å². The second-order valence-corrected chi connectivity index (χ2v) is 15.7. The maximum atomic E-state index is 13.9. The van der Waals surface area contributed by atoms with E-state index in [-0.39, 0.29) is 12.3 Å². The van der Waals surface area contributed by atoms with Gasteiger partial charge in [-0.05, 0) is 126 Å². The number of aromatic amines is 1. The normalized spacial score (nSPS) is 26.8. The van der Waals surface area contributed by atoms with Gasteiger partial charge in [-0.1, -0.05) is 31.4 Å². The van der Waals surface area contributed by atoms with Crippen LogP contribution in [-0.4, -0.2) is 39.5 Å². The number of anilines is 1. The molecular formula is C37H51N3O5. The number of carbonyl (C=O) groups is 3. The zero-order valence-corrected chi connectivity index (χ0v) is 27.6. The van der Waals surface area contributed by atoms with Crippen molar-refractivity contribution in [2.24, 2.45) is 23.2 Å². The standard InChI is InChI=1S/C37H51N3O5/c1-23(41)44-31(35(43)45-36(2,3)4)19-24-9-8-12-29(18-24)38-34(42)32-30(39-33(40-32)28-10-6-5-7-11-28)13-14-37-20-25-15-26(21-37)17-27(16-25)22-37/h8-9,12,18,25-28,31H,5-7,10-11,13-17,19-22H2,1-4H3,(H,38,42)(H,39,40). The summed E-state index contributed by atoms with van der Waals surface area (Å²) < 4.78 is 10.8. The van der Waals surface area contributed by atoms with Crippen molar-refractivity contribution in [2.75, 3.05) is 5.32 Å².